The summed E-state index contributed by atoms with van der Waals surface area (Å²) in [6.45, 7) is 7.43. The van der Waals surface area contributed by atoms with Crippen molar-refractivity contribution in [1.29, 1.82) is 0 Å². The van der Waals surface area contributed by atoms with Crippen LogP contribution in [0.25, 0.3) is 0 Å². The highest BCUT2D eigenvalue weighted by Gasteiger charge is 2.15. The molecule has 2 heterocycles. The van der Waals surface area contributed by atoms with Gasteiger partial charge in [0.2, 0.25) is 11.9 Å². The minimum Gasteiger partial charge on any atom is -0.378 e. The number of aryl methyl sites for hydroxylation is 1. The van der Waals surface area contributed by atoms with Crippen LogP contribution in [0.5, 0.6) is 0 Å². The van der Waals surface area contributed by atoms with Crippen molar-refractivity contribution >= 4 is 11.9 Å². The number of morpholine rings is 1. The number of carbonyl (C=O) groups excluding carboxylic acids is 1. The lowest BCUT2D eigenvalue weighted by Gasteiger charge is -2.27. The number of ether oxygens (including phenoxy) is 1. The van der Waals surface area contributed by atoms with Gasteiger partial charge in [-0.15, -0.1) is 0 Å². The average Bonchev–Trinajstić information content (AvgIpc) is 2.46. The Bertz CT molecular complexity index is 458. The van der Waals surface area contributed by atoms with E-state index in [9.17, 15) is 4.79 Å². The molecule has 110 valence electrons. The molecule has 1 aliphatic heterocycles. The van der Waals surface area contributed by atoms with E-state index in [1.54, 1.807) is 0 Å². The van der Waals surface area contributed by atoms with Crippen LogP contribution in [0.15, 0.2) is 6.07 Å². The zero-order chi connectivity index (χ0) is 14.4. The largest absolute Gasteiger partial charge is 0.378 e. The van der Waals surface area contributed by atoms with Gasteiger partial charge in [-0.3, -0.25) is 4.79 Å². The van der Waals surface area contributed by atoms with E-state index in [1.807, 2.05) is 19.9 Å². The molecule has 1 amide bonds. The van der Waals surface area contributed by atoms with Crippen molar-refractivity contribution in [2.75, 3.05) is 31.2 Å². The van der Waals surface area contributed by atoms with Gasteiger partial charge in [0.05, 0.1) is 25.5 Å². The van der Waals surface area contributed by atoms with Crippen molar-refractivity contribution < 1.29 is 9.53 Å². The van der Waals surface area contributed by atoms with Gasteiger partial charge in [0.25, 0.3) is 0 Å². The molecule has 20 heavy (non-hydrogen) atoms. The molecule has 1 aromatic rings. The van der Waals surface area contributed by atoms with Crippen molar-refractivity contribution in [3.05, 3.63) is 17.5 Å². The van der Waals surface area contributed by atoms with Gasteiger partial charge in [-0.05, 0) is 19.4 Å². The summed E-state index contributed by atoms with van der Waals surface area (Å²) in [6, 6.07) is 1.91. The quantitative estimate of drug-likeness (QED) is 0.871. The van der Waals surface area contributed by atoms with Gasteiger partial charge in [-0.25, -0.2) is 9.97 Å². The first-order valence-electron chi connectivity index (χ1n) is 7.13. The Morgan fingerprint density at radius 3 is 2.85 bits per heavy atom. The molecular weight excluding hydrogens is 256 g/mol. The predicted octanol–water partition coefficient (Wildman–Crippen LogP) is 1.04. The van der Waals surface area contributed by atoms with E-state index in [0.717, 1.165) is 36.8 Å². The maximum absolute atomic E-state index is 11.5. The Hall–Kier alpha value is -1.69. The fraction of sp³-hybridized carbons (Fsp3) is 0.643. The first kappa shape index (κ1) is 14.7. The van der Waals surface area contributed by atoms with Crippen LogP contribution < -0.4 is 10.2 Å². The highest BCUT2D eigenvalue weighted by Crippen LogP contribution is 2.12. The van der Waals surface area contributed by atoms with Crippen LogP contribution in [0.1, 0.15) is 31.2 Å². The second-order valence-corrected chi connectivity index (χ2v) is 4.93. The molecule has 0 atom stereocenters. The summed E-state index contributed by atoms with van der Waals surface area (Å²) in [4.78, 5) is 22.6. The maximum atomic E-state index is 11.5. The van der Waals surface area contributed by atoms with E-state index in [0.29, 0.717) is 26.2 Å². The Kier molecular flexibility index (Phi) is 5.29. The molecule has 1 N–H and O–H groups in total. The number of anilines is 1. The van der Waals surface area contributed by atoms with E-state index in [4.69, 9.17) is 4.74 Å². The minimum atomic E-state index is 0.0664. The van der Waals surface area contributed by atoms with E-state index >= 15 is 0 Å². The number of amides is 1. The highest BCUT2D eigenvalue weighted by atomic mass is 16.5. The molecule has 6 nitrogen and oxygen atoms in total. The first-order valence-corrected chi connectivity index (χ1v) is 7.13. The molecule has 1 aliphatic rings. The number of nitrogens with zero attached hydrogens (tertiary/aromatic N) is 3. The van der Waals surface area contributed by atoms with Gasteiger partial charge >= 0.3 is 0 Å². The van der Waals surface area contributed by atoms with Gasteiger partial charge < -0.3 is 15.0 Å². The zero-order valence-electron chi connectivity index (χ0n) is 12.2. The normalized spacial score (nSPS) is 15.2. The summed E-state index contributed by atoms with van der Waals surface area (Å²) in [5.74, 6) is 0.796. The van der Waals surface area contributed by atoms with Crippen molar-refractivity contribution in [3.8, 4) is 0 Å². The Morgan fingerprint density at radius 1 is 1.40 bits per heavy atom. The number of aromatic nitrogens is 2. The molecular formula is C14H22N4O2. The van der Waals surface area contributed by atoms with Crippen LogP contribution in [0.3, 0.4) is 0 Å². The zero-order valence-corrected chi connectivity index (χ0v) is 12.2. The number of rotatable bonds is 5. The molecule has 0 radical (unpaired) electrons. The minimum absolute atomic E-state index is 0.0664. The number of hydrogen-bond acceptors (Lipinski definition) is 5. The molecule has 6 heteroatoms. The molecule has 0 aromatic carbocycles. The first-order chi connectivity index (χ1) is 9.69. The van der Waals surface area contributed by atoms with Crippen LogP contribution in [-0.2, 0) is 16.1 Å². The number of carbonyl (C=O) groups is 1. The number of hydrogen-bond donors (Lipinski definition) is 1. The van der Waals surface area contributed by atoms with Crippen molar-refractivity contribution in [3.63, 3.8) is 0 Å². The molecule has 0 unspecified atom stereocenters. The Labute approximate surface area is 119 Å². The fourth-order valence-electron chi connectivity index (χ4n) is 2.12. The molecule has 2 rings (SSSR count). The molecule has 0 saturated carbocycles. The SMILES string of the molecule is CCCC(=O)NCc1cc(C)nc(N2CCOCC2)n1. The van der Waals surface area contributed by atoms with Crippen molar-refractivity contribution in [2.24, 2.45) is 0 Å². The smallest absolute Gasteiger partial charge is 0.225 e. The monoisotopic (exact) mass is 278 g/mol. The third-order valence-corrected chi connectivity index (χ3v) is 3.13. The summed E-state index contributed by atoms with van der Waals surface area (Å²) in [5, 5.41) is 2.88. The predicted molar refractivity (Wildman–Crippen MR) is 76.6 cm³/mol. The molecule has 1 aromatic heterocycles. The second-order valence-electron chi connectivity index (χ2n) is 4.93. The molecule has 0 spiro atoms. The molecule has 1 saturated heterocycles. The van der Waals surface area contributed by atoms with Gasteiger partial charge in [-0.1, -0.05) is 6.92 Å². The molecule has 1 fully saturated rings. The van der Waals surface area contributed by atoms with Crippen molar-refractivity contribution in [2.45, 2.75) is 33.2 Å². The lowest BCUT2D eigenvalue weighted by molar-refractivity contribution is -0.121. The van der Waals surface area contributed by atoms with Crippen LogP contribution in [0, 0.1) is 6.92 Å². The van der Waals surface area contributed by atoms with E-state index in [2.05, 4.69) is 20.2 Å². The fourth-order valence-corrected chi connectivity index (χ4v) is 2.12. The summed E-state index contributed by atoms with van der Waals surface area (Å²) in [6.07, 6.45) is 1.41. The van der Waals surface area contributed by atoms with Crippen molar-refractivity contribution in [1.82, 2.24) is 15.3 Å². The van der Waals surface area contributed by atoms with E-state index < -0.39 is 0 Å². The van der Waals surface area contributed by atoms with E-state index in [1.165, 1.54) is 0 Å². The maximum Gasteiger partial charge on any atom is 0.225 e. The summed E-state index contributed by atoms with van der Waals surface area (Å²) >= 11 is 0. The third-order valence-electron chi connectivity index (χ3n) is 3.13. The van der Waals surface area contributed by atoms with Gasteiger partial charge in [0.1, 0.15) is 0 Å². The lowest BCUT2D eigenvalue weighted by Crippen LogP contribution is -2.37. The van der Waals surface area contributed by atoms with Gasteiger partial charge in [0, 0.05) is 25.2 Å². The van der Waals surface area contributed by atoms with Crippen LogP contribution >= 0.6 is 0 Å². The lowest BCUT2D eigenvalue weighted by atomic mass is 10.3. The van der Waals surface area contributed by atoms with Crippen LogP contribution in [0.4, 0.5) is 5.95 Å². The standard InChI is InChI=1S/C14H22N4O2/c1-3-4-13(19)15-10-12-9-11(2)16-14(17-12)18-5-7-20-8-6-18/h9H,3-8,10H2,1-2H3,(H,15,19). The average molecular weight is 278 g/mol. The van der Waals surface area contributed by atoms with Gasteiger partial charge in [0.15, 0.2) is 0 Å². The van der Waals surface area contributed by atoms with Crippen LogP contribution in [0.2, 0.25) is 0 Å². The summed E-state index contributed by atoms with van der Waals surface area (Å²) < 4.78 is 5.33. The summed E-state index contributed by atoms with van der Waals surface area (Å²) in [5.41, 5.74) is 1.77. The Morgan fingerprint density at radius 2 is 2.15 bits per heavy atom. The molecule has 0 bridgehead atoms. The highest BCUT2D eigenvalue weighted by molar-refractivity contribution is 5.75. The second kappa shape index (κ2) is 7.19. The third kappa shape index (κ3) is 4.16. The summed E-state index contributed by atoms with van der Waals surface area (Å²) in [7, 11) is 0. The Balaban J connectivity index is 2.02. The van der Waals surface area contributed by atoms with E-state index in [-0.39, 0.29) is 5.91 Å². The number of nitrogens with one attached hydrogen (secondary N) is 1. The van der Waals surface area contributed by atoms with Gasteiger partial charge in [-0.2, -0.15) is 0 Å². The topological polar surface area (TPSA) is 67.4 Å². The van der Waals surface area contributed by atoms with Crippen LogP contribution in [-0.4, -0.2) is 42.2 Å². The molecule has 0 aliphatic carbocycles.